The number of azo groups is 2. The van der Waals surface area contributed by atoms with Crippen LogP contribution in [0.4, 0.5) is 34.1 Å². The zero-order valence-electron chi connectivity index (χ0n) is 19.9. The van der Waals surface area contributed by atoms with Crippen LogP contribution in [0, 0.1) is 0 Å². The Morgan fingerprint density at radius 2 is 0.588 bits per heavy atom. The van der Waals surface area contributed by atoms with E-state index in [4.69, 9.17) is 0 Å². The molecule has 4 aromatic rings. The molecule has 0 saturated heterocycles. The Kier molecular flexibility index (Phi) is 7.08. The summed E-state index contributed by atoms with van der Waals surface area (Å²) in [5.74, 6) is 0. The van der Waals surface area contributed by atoms with Crippen LogP contribution in [0.15, 0.2) is 118 Å². The van der Waals surface area contributed by atoms with Crippen molar-refractivity contribution in [1.82, 2.24) is 0 Å². The maximum absolute atomic E-state index is 4.35. The molecule has 0 saturated carbocycles. The van der Waals surface area contributed by atoms with Gasteiger partial charge in [-0.15, -0.1) is 0 Å². The third-order valence-corrected chi connectivity index (χ3v) is 5.36. The normalized spacial score (nSPS) is 11.3. The second-order valence-electron chi connectivity index (χ2n) is 8.32. The van der Waals surface area contributed by atoms with Crippen molar-refractivity contribution in [2.75, 3.05) is 38.0 Å². The SMILES string of the molecule is CN(C)c1ccc(/N=N/c2ccc(-c3ccc(/N=N/c4ccc(N(C)C)cc4)cc3)cc2)cc1. The van der Waals surface area contributed by atoms with Gasteiger partial charge in [0.05, 0.1) is 22.7 Å². The molecule has 0 amide bonds. The minimum absolute atomic E-state index is 0.811. The number of nitrogens with zero attached hydrogens (tertiary/aromatic N) is 6. The number of benzene rings is 4. The fourth-order valence-electron chi connectivity index (χ4n) is 3.31. The highest BCUT2D eigenvalue weighted by molar-refractivity contribution is 5.67. The molecule has 0 aliphatic carbocycles. The van der Waals surface area contributed by atoms with Crippen LogP contribution in [0.5, 0.6) is 0 Å². The summed E-state index contributed by atoms with van der Waals surface area (Å²) in [4.78, 5) is 4.11. The number of anilines is 2. The zero-order chi connectivity index (χ0) is 23.9. The van der Waals surface area contributed by atoms with Gasteiger partial charge < -0.3 is 9.80 Å². The molecule has 0 atom stereocenters. The largest absolute Gasteiger partial charge is 0.378 e. The molecule has 0 aromatic heterocycles. The van der Waals surface area contributed by atoms with Crippen LogP contribution in [0.2, 0.25) is 0 Å². The minimum Gasteiger partial charge on any atom is -0.378 e. The molecular formula is C28H28N6. The molecule has 0 aliphatic heterocycles. The second-order valence-corrected chi connectivity index (χ2v) is 8.32. The van der Waals surface area contributed by atoms with Gasteiger partial charge in [0.2, 0.25) is 0 Å². The molecule has 34 heavy (non-hydrogen) atoms. The number of hydrogen-bond donors (Lipinski definition) is 0. The summed E-state index contributed by atoms with van der Waals surface area (Å²) in [6.07, 6.45) is 0. The lowest BCUT2D eigenvalue weighted by molar-refractivity contribution is 1.13. The lowest BCUT2D eigenvalue weighted by Crippen LogP contribution is -2.07. The van der Waals surface area contributed by atoms with E-state index in [1.54, 1.807) is 0 Å². The van der Waals surface area contributed by atoms with Gasteiger partial charge in [-0.05, 0) is 83.9 Å². The van der Waals surface area contributed by atoms with Crippen LogP contribution >= 0.6 is 0 Å². The fourth-order valence-corrected chi connectivity index (χ4v) is 3.31. The summed E-state index contributed by atoms with van der Waals surface area (Å²) in [5.41, 5.74) is 7.76. The summed E-state index contributed by atoms with van der Waals surface area (Å²) >= 11 is 0. The maximum Gasteiger partial charge on any atom is 0.0858 e. The number of hydrogen-bond acceptors (Lipinski definition) is 6. The highest BCUT2D eigenvalue weighted by atomic mass is 15.1. The van der Waals surface area contributed by atoms with Crippen molar-refractivity contribution in [3.63, 3.8) is 0 Å². The van der Waals surface area contributed by atoms with Gasteiger partial charge in [0.25, 0.3) is 0 Å². The van der Waals surface area contributed by atoms with Gasteiger partial charge in [-0.25, -0.2) is 0 Å². The van der Waals surface area contributed by atoms with Gasteiger partial charge in [-0.3, -0.25) is 0 Å². The third kappa shape index (κ3) is 5.92. The van der Waals surface area contributed by atoms with Crippen LogP contribution in [0.25, 0.3) is 11.1 Å². The van der Waals surface area contributed by atoms with E-state index in [1.165, 1.54) is 0 Å². The lowest BCUT2D eigenvalue weighted by atomic mass is 10.1. The van der Waals surface area contributed by atoms with E-state index in [9.17, 15) is 0 Å². The molecule has 4 rings (SSSR count). The topological polar surface area (TPSA) is 55.9 Å². The average molecular weight is 449 g/mol. The molecule has 6 heteroatoms. The molecule has 0 spiro atoms. The van der Waals surface area contributed by atoms with Crippen molar-refractivity contribution in [3.8, 4) is 11.1 Å². The van der Waals surface area contributed by atoms with E-state index < -0.39 is 0 Å². The zero-order valence-corrected chi connectivity index (χ0v) is 19.9. The standard InChI is InChI=1S/C28H28N6/c1-33(2)27-17-13-25(14-18-27)31-29-23-9-5-21(6-10-23)22-7-11-24(12-8-22)30-32-26-15-19-28(20-16-26)34(3)4/h5-20H,1-4H3/b31-29+,32-30+. The summed E-state index contributed by atoms with van der Waals surface area (Å²) in [6.45, 7) is 0. The highest BCUT2D eigenvalue weighted by Gasteiger charge is 2.00. The molecule has 0 fully saturated rings. The maximum atomic E-state index is 4.35. The highest BCUT2D eigenvalue weighted by Crippen LogP contribution is 2.27. The summed E-state index contributed by atoms with van der Waals surface area (Å²) in [5, 5.41) is 17.4. The fraction of sp³-hybridized carbons (Fsp3) is 0.143. The number of rotatable bonds is 7. The van der Waals surface area contributed by atoms with Crippen molar-refractivity contribution in [1.29, 1.82) is 0 Å². The first-order chi connectivity index (χ1) is 16.5. The smallest absolute Gasteiger partial charge is 0.0858 e. The van der Waals surface area contributed by atoms with Gasteiger partial charge in [0, 0.05) is 39.6 Å². The van der Waals surface area contributed by atoms with Crippen LogP contribution in [0.3, 0.4) is 0 Å². The predicted molar refractivity (Wildman–Crippen MR) is 142 cm³/mol. The minimum atomic E-state index is 0.811. The van der Waals surface area contributed by atoms with E-state index in [1.807, 2.05) is 125 Å². The van der Waals surface area contributed by atoms with E-state index in [2.05, 4.69) is 30.3 Å². The second kappa shape index (κ2) is 10.5. The molecule has 0 aliphatic rings. The lowest BCUT2D eigenvalue weighted by Gasteiger charge is -2.11. The average Bonchev–Trinajstić information content (AvgIpc) is 2.87. The Labute approximate surface area is 200 Å². The van der Waals surface area contributed by atoms with E-state index in [0.717, 1.165) is 45.3 Å². The summed E-state index contributed by atoms with van der Waals surface area (Å²) < 4.78 is 0. The molecular weight excluding hydrogens is 420 g/mol. The molecule has 6 nitrogen and oxygen atoms in total. The van der Waals surface area contributed by atoms with Crippen molar-refractivity contribution < 1.29 is 0 Å². The monoisotopic (exact) mass is 448 g/mol. The Bertz CT molecular complexity index is 1150. The van der Waals surface area contributed by atoms with Crippen LogP contribution in [-0.4, -0.2) is 28.2 Å². The first-order valence-corrected chi connectivity index (χ1v) is 11.1. The quantitative estimate of drug-likeness (QED) is 0.267. The molecule has 0 bridgehead atoms. The first-order valence-electron chi connectivity index (χ1n) is 11.1. The Balaban J connectivity index is 1.38. The molecule has 0 unspecified atom stereocenters. The Morgan fingerprint density at radius 1 is 0.353 bits per heavy atom. The molecule has 0 N–H and O–H groups in total. The van der Waals surface area contributed by atoms with Gasteiger partial charge in [-0.2, -0.15) is 20.5 Å². The molecule has 0 radical (unpaired) electrons. The third-order valence-electron chi connectivity index (χ3n) is 5.36. The molecule has 4 aromatic carbocycles. The van der Waals surface area contributed by atoms with Gasteiger partial charge in [0.1, 0.15) is 0 Å². The van der Waals surface area contributed by atoms with E-state index >= 15 is 0 Å². The van der Waals surface area contributed by atoms with Gasteiger partial charge >= 0.3 is 0 Å². The first kappa shape index (κ1) is 22.9. The molecule has 0 heterocycles. The van der Waals surface area contributed by atoms with E-state index in [-0.39, 0.29) is 0 Å². The van der Waals surface area contributed by atoms with Crippen LogP contribution < -0.4 is 9.80 Å². The van der Waals surface area contributed by atoms with Crippen molar-refractivity contribution in [3.05, 3.63) is 97.1 Å². The van der Waals surface area contributed by atoms with Crippen LogP contribution in [-0.2, 0) is 0 Å². The van der Waals surface area contributed by atoms with Crippen molar-refractivity contribution in [2.45, 2.75) is 0 Å². The van der Waals surface area contributed by atoms with Gasteiger partial charge in [-0.1, -0.05) is 24.3 Å². The predicted octanol–water partition coefficient (Wildman–Crippen LogP) is 8.32. The van der Waals surface area contributed by atoms with Crippen molar-refractivity contribution in [2.24, 2.45) is 20.5 Å². The van der Waals surface area contributed by atoms with Crippen molar-refractivity contribution >= 4 is 34.1 Å². The van der Waals surface area contributed by atoms with Gasteiger partial charge in [0.15, 0.2) is 0 Å². The summed E-state index contributed by atoms with van der Waals surface area (Å²) in [7, 11) is 8.06. The Morgan fingerprint density at radius 3 is 0.824 bits per heavy atom. The molecule has 170 valence electrons. The van der Waals surface area contributed by atoms with E-state index in [0.29, 0.717) is 0 Å². The van der Waals surface area contributed by atoms with Crippen LogP contribution in [0.1, 0.15) is 0 Å². The Hall–Kier alpha value is -4.32. The summed E-state index contributed by atoms with van der Waals surface area (Å²) in [6, 6.07) is 32.0.